The fourth-order valence-electron chi connectivity index (χ4n) is 1.28. The highest BCUT2D eigenvalue weighted by molar-refractivity contribution is 9.10. The SMILES string of the molecule is CCOc1cc(CNO)cc(Br)c1OC. The Balaban J connectivity index is 3.07. The number of benzene rings is 1. The van der Waals surface area contributed by atoms with Crippen molar-refractivity contribution in [1.82, 2.24) is 5.48 Å². The van der Waals surface area contributed by atoms with Crippen molar-refractivity contribution >= 4 is 15.9 Å². The molecule has 0 heterocycles. The first-order chi connectivity index (χ1) is 7.22. The highest BCUT2D eigenvalue weighted by atomic mass is 79.9. The van der Waals surface area contributed by atoms with Crippen LogP contribution >= 0.6 is 15.9 Å². The van der Waals surface area contributed by atoms with E-state index in [1.165, 1.54) is 0 Å². The number of hydroxylamine groups is 1. The Kier molecular flexibility index (Phi) is 4.87. The molecule has 0 saturated carbocycles. The van der Waals surface area contributed by atoms with Crippen molar-refractivity contribution in [3.63, 3.8) is 0 Å². The first-order valence-electron chi connectivity index (χ1n) is 4.59. The third-order valence-corrected chi connectivity index (χ3v) is 2.45. The molecule has 1 rings (SSSR count). The topological polar surface area (TPSA) is 50.7 Å². The molecule has 0 amide bonds. The molecule has 4 nitrogen and oxygen atoms in total. The van der Waals surface area contributed by atoms with E-state index in [0.29, 0.717) is 24.7 Å². The molecule has 0 atom stereocenters. The minimum Gasteiger partial charge on any atom is -0.492 e. The van der Waals surface area contributed by atoms with Gasteiger partial charge < -0.3 is 14.7 Å². The van der Waals surface area contributed by atoms with Gasteiger partial charge in [0.05, 0.1) is 18.2 Å². The standard InChI is InChI=1S/C10H14BrNO3/c1-3-15-9-5-7(6-12-13)4-8(11)10(9)14-2/h4-5,12-13H,3,6H2,1-2H3. The molecule has 2 N–H and O–H groups in total. The van der Waals surface area contributed by atoms with Crippen LogP contribution in [0.15, 0.2) is 16.6 Å². The van der Waals surface area contributed by atoms with Gasteiger partial charge in [-0.15, -0.1) is 0 Å². The maximum absolute atomic E-state index is 8.62. The van der Waals surface area contributed by atoms with Crippen LogP contribution in [0, 0.1) is 0 Å². The molecule has 15 heavy (non-hydrogen) atoms. The van der Waals surface area contributed by atoms with Gasteiger partial charge in [-0.05, 0) is 40.5 Å². The smallest absolute Gasteiger partial charge is 0.174 e. The third kappa shape index (κ3) is 3.09. The van der Waals surface area contributed by atoms with Gasteiger partial charge in [-0.3, -0.25) is 0 Å². The first-order valence-corrected chi connectivity index (χ1v) is 5.38. The Morgan fingerprint density at radius 1 is 1.47 bits per heavy atom. The van der Waals surface area contributed by atoms with Crippen molar-refractivity contribution < 1.29 is 14.7 Å². The van der Waals surface area contributed by atoms with E-state index in [1.54, 1.807) is 7.11 Å². The zero-order chi connectivity index (χ0) is 11.3. The van der Waals surface area contributed by atoms with Gasteiger partial charge in [-0.2, -0.15) is 0 Å². The predicted octanol–water partition coefficient (Wildman–Crippen LogP) is 2.34. The van der Waals surface area contributed by atoms with Crippen LogP contribution in [0.4, 0.5) is 0 Å². The summed E-state index contributed by atoms with van der Waals surface area (Å²) >= 11 is 3.38. The summed E-state index contributed by atoms with van der Waals surface area (Å²) in [7, 11) is 1.59. The van der Waals surface area contributed by atoms with E-state index in [-0.39, 0.29) is 0 Å². The minimum absolute atomic E-state index is 0.364. The van der Waals surface area contributed by atoms with Crippen molar-refractivity contribution in [3.8, 4) is 11.5 Å². The van der Waals surface area contributed by atoms with E-state index >= 15 is 0 Å². The molecule has 5 heteroatoms. The van der Waals surface area contributed by atoms with Crippen LogP contribution in [0.2, 0.25) is 0 Å². The molecular weight excluding hydrogens is 262 g/mol. The van der Waals surface area contributed by atoms with E-state index in [9.17, 15) is 0 Å². The summed E-state index contributed by atoms with van der Waals surface area (Å²) in [4.78, 5) is 0. The average Bonchev–Trinajstić information content (AvgIpc) is 2.18. The van der Waals surface area contributed by atoms with Crippen LogP contribution in [0.25, 0.3) is 0 Å². The number of rotatable bonds is 5. The van der Waals surface area contributed by atoms with Gasteiger partial charge in [0.25, 0.3) is 0 Å². The van der Waals surface area contributed by atoms with Crippen molar-refractivity contribution in [2.24, 2.45) is 0 Å². The lowest BCUT2D eigenvalue weighted by Gasteiger charge is -2.12. The summed E-state index contributed by atoms with van der Waals surface area (Å²) in [5, 5.41) is 8.62. The summed E-state index contributed by atoms with van der Waals surface area (Å²) < 4.78 is 11.4. The highest BCUT2D eigenvalue weighted by Crippen LogP contribution is 2.36. The van der Waals surface area contributed by atoms with Gasteiger partial charge >= 0.3 is 0 Å². The van der Waals surface area contributed by atoms with Crippen LogP contribution in [-0.4, -0.2) is 18.9 Å². The fourth-order valence-corrected chi connectivity index (χ4v) is 1.93. The van der Waals surface area contributed by atoms with Gasteiger partial charge in [0, 0.05) is 6.54 Å². The second-order valence-electron chi connectivity index (χ2n) is 2.88. The van der Waals surface area contributed by atoms with Crippen molar-refractivity contribution in [2.75, 3.05) is 13.7 Å². The first kappa shape index (κ1) is 12.3. The summed E-state index contributed by atoms with van der Waals surface area (Å²) in [6, 6.07) is 3.70. The molecule has 1 aromatic rings. The number of ether oxygens (including phenoxy) is 2. The second-order valence-corrected chi connectivity index (χ2v) is 3.73. The van der Waals surface area contributed by atoms with Crippen LogP contribution in [-0.2, 0) is 6.54 Å². The summed E-state index contributed by atoms with van der Waals surface area (Å²) in [6.07, 6.45) is 0. The molecule has 0 bridgehead atoms. The molecule has 0 saturated heterocycles. The summed E-state index contributed by atoms with van der Waals surface area (Å²) in [5.41, 5.74) is 3.01. The lowest BCUT2D eigenvalue weighted by atomic mass is 10.2. The van der Waals surface area contributed by atoms with Crippen LogP contribution in [0.1, 0.15) is 12.5 Å². The molecule has 0 aliphatic rings. The number of halogens is 1. The lowest BCUT2D eigenvalue weighted by Crippen LogP contribution is -2.07. The largest absolute Gasteiger partial charge is 0.492 e. The minimum atomic E-state index is 0.364. The number of hydrogen-bond donors (Lipinski definition) is 2. The Labute approximate surface area is 97.3 Å². The number of hydrogen-bond acceptors (Lipinski definition) is 4. The summed E-state index contributed by atoms with van der Waals surface area (Å²) in [5.74, 6) is 1.33. The maximum Gasteiger partial charge on any atom is 0.174 e. The van der Waals surface area contributed by atoms with Gasteiger partial charge in [-0.1, -0.05) is 0 Å². The number of nitrogens with one attached hydrogen (secondary N) is 1. The zero-order valence-corrected chi connectivity index (χ0v) is 10.3. The summed E-state index contributed by atoms with van der Waals surface area (Å²) in [6.45, 7) is 2.84. The van der Waals surface area contributed by atoms with Crippen LogP contribution in [0.3, 0.4) is 0 Å². The third-order valence-electron chi connectivity index (χ3n) is 1.86. The molecular formula is C10H14BrNO3. The Hall–Kier alpha value is -0.780. The van der Waals surface area contributed by atoms with E-state index in [0.717, 1.165) is 10.0 Å². The molecule has 0 unspecified atom stereocenters. The molecule has 0 radical (unpaired) electrons. The van der Waals surface area contributed by atoms with E-state index in [1.807, 2.05) is 19.1 Å². The Bertz CT molecular complexity index is 331. The van der Waals surface area contributed by atoms with Crippen molar-refractivity contribution in [1.29, 1.82) is 0 Å². The van der Waals surface area contributed by atoms with E-state index < -0.39 is 0 Å². The molecule has 0 spiro atoms. The molecule has 0 aliphatic heterocycles. The van der Waals surface area contributed by atoms with Gasteiger partial charge in [0.15, 0.2) is 11.5 Å². The molecule has 0 fully saturated rings. The normalized spacial score (nSPS) is 10.1. The zero-order valence-electron chi connectivity index (χ0n) is 8.71. The Morgan fingerprint density at radius 3 is 2.73 bits per heavy atom. The van der Waals surface area contributed by atoms with E-state index in [4.69, 9.17) is 14.7 Å². The average molecular weight is 276 g/mol. The monoisotopic (exact) mass is 275 g/mol. The van der Waals surface area contributed by atoms with Crippen LogP contribution < -0.4 is 15.0 Å². The fraction of sp³-hybridized carbons (Fsp3) is 0.400. The van der Waals surface area contributed by atoms with E-state index in [2.05, 4.69) is 21.4 Å². The lowest BCUT2D eigenvalue weighted by molar-refractivity contribution is 0.161. The molecule has 0 aliphatic carbocycles. The predicted molar refractivity (Wildman–Crippen MR) is 60.5 cm³/mol. The van der Waals surface area contributed by atoms with Crippen molar-refractivity contribution in [3.05, 3.63) is 22.2 Å². The number of methoxy groups -OCH3 is 1. The highest BCUT2D eigenvalue weighted by Gasteiger charge is 2.10. The van der Waals surface area contributed by atoms with Crippen molar-refractivity contribution in [2.45, 2.75) is 13.5 Å². The molecule has 1 aromatic carbocycles. The molecule has 84 valence electrons. The quantitative estimate of drug-likeness (QED) is 0.810. The Morgan fingerprint density at radius 2 is 2.20 bits per heavy atom. The van der Waals surface area contributed by atoms with Gasteiger partial charge in [0.1, 0.15) is 0 Å². The van der Waals surface area contributed by atoms with Crippen LogP contribution in [0.5, 0.6) is 11.5 Å². The van der Waals surface area contributed by atoms with Gasteiger partial charge in [0.2, 0.25) is 0 Å². The maximum atomic E-state index is 8.62. The van der Waals surface area contributed by atoms with Gasteiger partial charge in [-0.25, -0.2) is 5.48 Å². The second kappa shape index (κ2) is 5.95. The molecule has 0 aromatic heterocycles.